The molecule has 1 atom stereocenters. The molecule has 0 saturated carbocycles. The molecule has 0 aliphatic heterocycles. The Hall–Kier alpha value is -3.28. The average Bonchev–Trinajstić information content (AvgIpc) is 2.94. The first-order valence-electron chi connectivity index (χ1n) is 12.4. The Labute approximate surface area is 252 Å². The minimum absolute atomic E-state index is 0.00647. The number of nitrogens with zero attached hydrogens (tertiary/aromatic N) is 4. The van der Waals surface area contributed by atoms with Crippen LogP contribution in [-0.2, 0) is 6.61 Å². The first-order chi connectivity index (χ1) is 19.1. The summed E-state index contributed by atoms with van der Waals surface area (Å²) in [5.41, 5.74) is 1.60. The van der Waals surface area contributed by atoms with Gasteiger partial charge in [-0.1, -0.05) is 41.4 Å². The van der Waals surface area contributed by atoms with Crippen LogP contribution in [0.25, 0.3) is 10.9 Å². The molecule has 0 aliphatic carbocycles. The van der Waals surface area contributed by atoms with E-state index in [0.29, 0.717) is 44.9 Å². The Morgan fingerprint density at radius 1 is 1.15 bits per heavy atom. The number of hydrogen-bond acceptors (Lipinski definition) is 7. The fourth-order valence-corrected chi connectivity index (χ4v) is 4.88. The van der Waals surface area contributed by atoms with Gasteiger partial charge in [-0.3, -0.25) is 14.9 Å². The van der Waals surface area contributed by atoms with E-state index in [0.717, 1.165) is 16.5 Å². The molecule has 1 aromatic heterocycles. The Morgan fingerprint density at radius 3 is 2.52 bits per heavy atom. The van der Waals surface area contributed by atoms with Crippen LogP contribution in [0.15, 0.2) is 67.4 Å². The van der Waals surface area contributed by atoms with Crippen LogP contribution in [0, 0.1) is 10.1 Å². The van der Waals surface area contributed by atoms with E-state index in [4.69, 9.17) is 26.1 Å². The van der Waals surface area contributed by atoms with E-state index in [9.17, 15) is 14.9 Å². The number of rotatable bonds is 10. The minimum Gasteiger partial charge on any atom is -0.490 e. The van der Waals surface area contributed by atoms with Gasteiger partial charge in [-0.15, -0.1) is 0 Å². The molecule has 0 amide bonds. The first kappa shape index (κ1) is 29.7. The maximum absolute atomic E-state index is 13.5. The van der Waals surface area contributed by atoms with E-state index >= 15 is 0 Å². The van der Waals surface area contributed by atoms with E-state index in [-0.39, 0.29) is 28.8 Å². The van der Waals surface area contributed by atoms with Crippen molar-refractivity contribution in [3.8, 4) is 11.5 Å². The van der Waals surface area contributed by atoms with Crippen LogP contribution < -0.4 is 15.0 Å². The highest BCUT2D eigenvalue weighted by Crippen LogP contribution is 2.42. The summed E-state index contributed by atoms with van der Waals surface area (Å²) >= 11 is 13.6. The van der Waals surface area contributed by atoms with Gasteiger partial charge < -0.3 is 9.47 Å². The third-order valence-electron chi connectivity index (χ3n) is 6.18. The Morgan fingerprint density at radius 2 is 1.88 bits per heavy atom. The van der Waals surface area contributed by atoms with E-state index in [2.05, 4.69) is 37.0 Å². The van der Waals surface area contributed by atoms with Crippen LogP contribution in [0.1, 0.15) is 50.1 Å². The van der Waals surface area contributed by atoms with Crippen molar-refractivity contribution in [3.63, 3.8) is 0 Å². The topological polar surface area (TPSA) is 109 Å². The fourth-order valence-electron chi connectivity index (χ4n) is 3.86. The second-order valence-electron chi connectivity index (χ2n) is 8.87. The molecule has 0 fully saturated rings. The summed E-state index contributed by atoms with van der Waals surface area (Å²) in [6.45, 7) is 6.32. The van der Waals surface area contributed by atoms with Crippen LogP contribution in [0.2, 0.25) is 5.02 Å². The predicted octanol–water partition coefficient (Wildman–Crippen LogP) is 7.86. The van der Waals surface area contributed by atoms with Gasteiger partial charge in [0.1, 0.15) is 17.5 Å². The lowest BCUT2D eigenvalue weighted by molar-refractivity contribution is -0.384. The summed E-state index contributed by atoms with van der Waals surface area (Å²) in [7, 11) is 0. The zero-order chi connectivity index (χ0) is 29.0. The summed E-state index contributed by atoms with van der Waals surface area (Å²) in [5.74, 6) is 1.22. The van der Waals surface area contributed by atoms with Crippen LogP contribution in [-0.4, -0.2) is 27.4 Å². The highest BCUT2D eigenvalue weighted by Gasteiger charge is 2.19. The molecule has 0 bridgehead atoms. The largest absolute Gasteiger partial charge is 0.490 e. The van der Waals surface area contributed by atoms with E-state index in [1.54, 1.807) is 30.3 Å². The van der Waals surface area contributed by atoms with Crippen molar-refractivity contribution in [2.24, 2.45) is 5.10 Å². The van der Waals surface area contributed by atoms with Crippen molar-refractivity contribution in [1.82, 2.24) is 9.66 Å². The van der Waals surface area contributed by atoms with Crippen molar-refractivity contribution in [3.05, 3.63) is 99.9 Å². The van der Waals surface area contributed by atoms with Crippen molar-refractivity contribution < 1.29 is 14.4 Å². The third kappa shape index (κ3) is 6.37. The number of fused-ring (bicyclic) bond motifs is 1. The first-order valence-corrected chi connectivity index (χ1v) is 14.4. The van der Waals surface area contributed by atoms with Gasteiger partial charge in [0.05, 0.1) is 28.6 Å². The maximum atomic E-state index is 13.5. The Bertz CT molecular complexity index is 1660. The second kappa shape index (κ2) is 12.9. The van der Waals surface area contributed by atoms with E-state index < -0.39 is 4.92 Å². The van der Waals surface area contributed by atoms with E-state index in [1.165, 1.54) is 23.0 Å². The van der Waals surface area contributed by atoms with Crippen LogP contribution in [0.3, 0.4) is 0 Å². The number of hydrogen-bond donors (Lipinski definition) is 0. The zero-order valence-corrected chi connectivity index (χ0v) is 25.8. The molecular weight excluding hydrogens is 668 g/mol. The second-order valence-corrected chi connectivity index (χ2v) is 11.0. The monoisotopic (exact) mass is 690 g/mol. The number of aromatic nitrogens is 2. The summed E-state index contributed by atoms with van der Waals surface area (Å²) in [6.07, 6.45) is 2.30. The molecule has 0 saturated heterocycles. The van der Waals surface area contributed by atoms with Crippen LogP contribution in [0.4, 0.5) is 5.69 Å². The summed E-state index contributed by atoms with van der Waals surface area (Å²) < 4.78 is 14.4. The number of benzene rings is 3. The van der Waals surface area contributed by atoms with Gasteiger partial charge in [0.25, 0.3) is 11.2 Å². The maximum Gasteiger partial charge on any atom is 0.282 e. The zero-order valence-electron chi connectivity index (χ0n) is 21.9. The van der Waals surface area contributed by atoms with Crippen LogP contribution >= 0.6 is 43.5 Å². The quantitative estimate of drug-likeness (QED) is 0.0952. The Balaban J connectivity index is 1.72. The highest BCUT2D eigenvalue weighted by molar-refractivity contribution is 9.10. The minimum atomic E-state index is -0.459. The highest BCUT2D eigenvalue weighted by atomic mass is 79.9. The van der Waals surface area contributed by atoms with Gasteiger partial charge in [-0.2, -0.15) is 9.78 Å². The number of nitro groups is 1. The van der Waals surface area contributed by atoms with Crippen molar-refractivity contribution in [1.29, 1.82) is 0 Å². The molecule has 4 rings (SSSR count). The number of halogens is 3. The van der Waals surface area contributed by atoms with Crippen molar-refractivity contribution in [2.45, 2.75) is 39.7 Å². The molecule has 208 valence electrons. The van der Waals surface area contributed by atoms with Gasteiger partial charge in [-0.05, 0) is 71.2 Å². The lowest BCUT2D eigenvalue weighted by Gasteiger charge is -2.17. The molecule has 0 unspecified atom stereocenters. The molecular formula is C28H25Br2ClN4O5. The molecule has 1 heterocycles. The smallest absolute Gasteiger partial charge is 0.282 e. The molecule has 0 radical (unpaired) electrons. The fraction of sp³-hybridized carbons (Fsp3) is 0.250. The number of non-ortho nitro benzene ring substituents is 1. The Kier molecular flexibility index (Phi) is 9.60. The molecule has 0 N–H and O–H groups in total. The normalized spacial score (nSPS) is 12.2. The summed E-state index contributed by atoms with van der Waals surface area (Å²) in [5, 5.41) is 16.2. The molecule has 4 aromatic rings. The third-order valence-corrected chi connectivity index (χ3v) is 8.12. The molecule has 9 nitrogen and oxygen atoms in total. The molecule has 0 spiro atoms. The SMILES string of the molecule is CCOc1cc(C=Nn2c([C@@H](C)CC)nc3ccc(Br)cc3c2=O)c(Br)c(Cl)c1OCc1ccc([N+](=O)[O-])cc1. The lowest BCUT2D eigenvalue weighted by Crippen LogP contribution is -2.23. The molecule has 3 aromatic carbocycles. The lowest BCUT2D eigenvalue weighted by atomic mass is 10.1. The predicted molar refractivity (Wildman–Crippen MR) is 163 cm³/mol. The van der Waals surface area contributed by atoms with Crippen molar-refractivity contribution in [2.75, 3.05) is 6.61 Å². The van der Waals surface area contributed by atoms with Gasteiger partial charge in [0, 0.05) is 32.6 Å². The summed E-state index contributed by atoms with van der Waals surface area (Å²) in [6, 6.07) is 13.2. The van der Waals surface area contributed by atoms with Gasteiger partial charge in [0.15, 0.2) is 11.5 Å². The molecule has 0 aliphatic rings. The number of ether oxygens (including phenoxy) is 2. The average molecular weight is 693 g/mol. The molecule has 12 heteroatoms. The van der Waals surface area contributed by atoms with Gasteiger partial charge in [-0.25, -0.2) is 4.98 Å². The number of nitro benzene ring substituents is 1. The van der Waals surface area contributed by atoms with Crippen LogP contribution in [0.5, 0.6) is 11.5 Å². The summed E-state index contributed by atoms with van der Waals surface area (Å²) in [4.78, 5) is 28.7. The van der Waals surface area contributed by atoms with Gasteiger partial charge in [0.2, 0.25) is 0 Å². The van der Waals surface area contributed by atoms with E-state index in [1.807, 2.05) is 26.8 Å². The standard InChI is InChI=1S/C28H25Br2ClN4O5/c1-4-16(3)27-33-22-11-8-19(29)13-21(22)28(36)34(27)32-14-18-12-23(39-5-2)26(25(31)24(18)30)40-15-17-6-9-20(10-7-17)35(37)38/h6-14,16H,4-5,15H2,1-3H3/t16-/m0/s1. The van der Waals surface area contributed by atoms with Gasteiger partial charge >= 0.3 is 0 Å². The molecule has 40 heavy (non-hydrogen) atoms. The van der Waals surface area contributed by atoms with Crippen molar-refractivity contribution >= 4 is 66.3 Å².